The molecule has 2 N–H and O–H groups in total. The third kappa shape index (κ3) is 3.83. The van der Waals surface area contributed by atoms with Crippen molar-refractivity contribution in [2.45, 2.75) is 44.1 Å². The second-order valence-electron chi connectivity index (χ2n) is 6.81. The second kappa shape index (κ2) is 7.79. The van der Waals surface area contributed by atoms with Crippen molar-refractivity contribution in [3.05, 3.63) is 60.2 Å². The second-order valence-corrected chi connectivity index (χ2v) is 6.81. The van der Waals surface area contributed by atoms with E-state index in [0.717, 1.165) is 35.9 Å². The molecule has 2 saturated heterocycles. The Hall–Kier alpha value is -2.53. The largest absolute Gasteiger partial charge is 0.457 e. The smallest absolute Gasteiger partial charge is 0.191 e. The van der Waals surface area contributed by atoms with Crippen LogP contribution in [-0.2, 0) is 11.3 Å². The Balaban J connectivity index is 1.37. The van der Waals surface area contributed by atoms with E-state index in [2.05, 4.69) is 21.7 Å². The van der Waals surface area contributed by atoms with E-state index in [0.29, 0.717) is 24.8 Å². The van der Waals surface area contributed by atoms with Gasteiger partial charge in [-0.2, -0.15) is 0 Å². The Morgan fingerprint density at radius 1 is 1.12 bits per heavy atom. The van der Waals surface area contributed by atoms with Crippen LogP contribution in [-0.4, -0.2) is 31.3 Å². The van der Waals surface area contributed by atoms with Gasteiger partial charge in [-0.25, -0.2) is 0 Å². The summed E-state index contributed by atoms with van der Waals surface area (Å²) in [6, 6.07) is 18.3. The number of hydrogen-bond donors (Lipinski definition) is 2. The summed E-state index contributed by atoms with van der Waals surface area (Å²) in [6.07, 6.45) is 4.16. The Kier molecular flexibility index (Phi) is 5.07. The minimum Gasteiger partial charge on any atom is -0.457 e. The Bertz CT molecular complexity index is 763. The van der Waals surface area contributed by atoms with E-state index in [1.807, 2.05) is 48.5 Å². The Morgan fingerprint density at radius 2 is 1.92 bits per heavy atom. The highest BCUT2D eigenvalue weighted by Crippen LogP contribution is 2.34. The molecular weight excluding hydrogens is 326 g/mol. The fourth-order valence-electron chi connectivity index (χ4n) is 3.70. The zero-order valence-electron chi connectivity index (χ0n) is 15.0. The van der Waals surface area contributed by atoms with Gasteiger partial charge in [0.25, 0.3) is 0 Å². The first-order valence-electron chi connectivity index (χ1n) is 9.25. The van der Waals surface area contributed by atoms with E-state index in [4.69, 9.17) is 9.47 Å². The molecule has 5 nitrogen and oxygen atoms in total. The number of ether oxygens (including phenoxy) is 2. The number of hydrogen-bond acceptors (Lipinski definition) is 3. The van der Waals surface area contributed by atoms with Gasteiger partial charge >= 0.3 is 0 Å². The molecule has 2 aliphatic rings. The van der Waals surface area contributed by atoms with Crippen LogP contribution in [0, 0.1) is 0 Å². The van der Waals surface area contributed by atoms with Crippen LogP contribution in [0.2, 0.25) is 0 Å². The van der Waals surface area contributed by atoms with Gasteiger partial charge in [0.1, 0.15) is 11.5 Å². The predicted octanol–water partition coefficient (Wildman–Crippen LogP) is 3.46. The molecule has 0 spiro atoms. The van der Waals surface area contributed by atoms with Crippen molar-refractivity contribution in [3.63, 3.8) is 0 Å². The molecule has 2 heterocycles. The molecule has 26 heavy (non-hydrogen) atoms. The molecule has 2 fully saturated rings. The van der Waals surface area contributed by atoms with Crippen LogP contribution < -0.4 is 15.4 Å². The summed E-state index contributed by atoms with van der Waals surface area (Å²) in [6.45, 7) is 0.643. The van der Waals surface area contributed by atoms with E-state index in [1.165, 1.54) is 6.42 Å². The lowest BCUT2D eigenvalue weighted by Gasteiger charge is -2.23. The molecule has 3 unspecified atom stereocenters. The maximum absolute atomic E-state index is 6.03. The standard InChI is InChI=1S/C21H25N3O2/c1-22-21(24-18-13-17-11-12-20(18)26-17)23-14-15-7-5-6-10-19(15)25-16-8-3-2-4-9-16/h2-10,17-18,20H,11-14H2,1H3,(H2,22,23,24). The number of benzene rings is 2. The first-order chi connectivity index (χ1) is 12.8. The zero-order valence-corrected chi connectivity index (χ0v) is 15.0. The van der Waals surface area contributed by atoms with Crippen LogP contribution >= 0.6 is 0 Å². The number of rotatable bonds is 5. The summed E-state index contributed by atoms with van der Waals surface area (Å²) in [5, 5.41) is 6.91. The number of nitrogens with zero attached hydrogens (tertiary/aromatic N) is 1. The molecular formula is C21H25N3O2. The summed E-state index contributed by atoms with van der Waals surface area (Å²) >= 11 is 0. The van der Waals surface area contributed by atoms with Gasteiger partial charge in [-0.15, -0.1) is 0 Å². The summed E-state index contributed by atoms with van der Waals surface area (Å²) in [5.74, 6) is 2.49. The molecule has 136 valence electrons. The van der Waals surface area contributed by atoms with Crippen LogP contribution in [0.1, 0.15) is 24.8 Å². The quantitative estimate of drug-likeness (QED) is 0.640. The highest BCUT2D eigenvalue weighted by molar-refractivity contribution is 5.80. The number of para-hydroxylation sites is 2. The fraction of sp³-hybridized carbons (Fsp3) is 0.381. The van der Waals surface area contributed by atoms with Gasteiger partial charge in [-0.1, -0.05) is 36.4 Å². The normalized spacial score (nSPS) is 24.5. The van der Waals surface area contributed by atoms with Crippen molar-refractivity contribution in [3.8, 4) is 11.5 Å². The third-order valence-corrected chi connectivity index (χ3v) is 5.04. The topological polar surface area (TPSA) is 54.9 Å². The molecule has 2 aromatic carbocycles. The molecule has 0 saturated carbocycles. The maximum atomic E-state index is 6.03. The maximum Gasteiger partial charge on any atom is 0.191 e. The van der Waals surface area contributed by atoms with Crippen molar-refractivity contribution in [2.75, 3.05) is 7.05 Å². The molecule has 0 aromatic heterocycles. The lowest BCUT2D eigenvalue weighted by Crippen LogP contribution is -2.47. The summed E-state index contributed by atoms with van der Waals surface area (Å²) < 4.78 is 11.9. The predicted molar refractivity (Wildman–Crippen MR) is 103 cm³/mol. The van der Waals surface area contributed by atoms with Gasteiger partial charge in [0.05, 0.1) is 18.2 Å². The Morgan fingerprint density at radius 3 is 2.65 bits per heavy atom. The molecule has 2 bridgehead atoms. The van der Waals surface area contributed by atoms with E-state index in [-0.39, 0.29) is 0 Å². The van der Waals surface area contributed by atoms with E-state index in [1.54, 1.807) is 7.05 Å². The Labute approximate surface area is 154 Å². The van der Waals surface area contributed by atoms with E-state index < -0.39 is 0 Å². The summed E-state index contributed by atoms with van der Waals surface area (Å²) in [5.41, 5.74) is 1.09. The lowest BCUT2D eigenvalue weighted by molar-refractivity contribution is 0.0992. The zero-order chi connectivity index (χ0) is 17.8. The van der Waals surface area contributed by atoms with Crippen LogP contribution in [0.25, 0.3) is 0 Å². The molecule has 2 aliphatic heterocycles. The average molecular weight is 351 g/mol. The average Bonchev–Trinajstić information content (AvgIpc) is 3.30. The number of fused-ring (bicyclic) bond motifs is 2. The number of aliphatic imine (C=N–C) groups is 1. The van der Waals surface area contributed by atoms with Crippen LogP contribution in [0.5, 0.6) is 11.5 Å². The molecule has 0 amide bonds. The molecule has 5 heteroatoms. The van der Waals surface area contributed by atoms with Crippen molar-refractivity contribution in [1.29, 1.82) is 0 Å². The van der Waals surface area contributed by atoms with Gasteiger partial charge < -0.3 is 20.1 Å². The highest BCUT2D eigenvalue weighted by Gasteiger charge is 2.41. The first-order valence-corrected chi connectivity index (χ1v) is 9.25. The van der Waals surface area contributed by atoms with Crippen molar-refractivity contribution < 1.29 is 9.47 Å². The molecule has 4 rings (SSSR count). The SMILES string of the molecule is CN=C(NCc1ccccc1Oc1ccccc1)NC1CC2CCC1O2. The van der Waals surface area contributed by atoms with Gasteiger partial charge in [0.2, 0.25) is 0 Å². The van der Waals surface area contributed by atoms with Crippen LogP contribution in [0.3, 0.4) is 0 Å². The monoisotopic (exact) mass is 351 g/mol. The van der Waals surface area contributed by atoms with Crippen molar-refractivity contribution in [1.82, 2.24) is 10.6 Å². The number of nitrogens with one attached hydrogen (secondary N) is 2. The van der Waals surface area contributed by atoms with E-state index in [9.17, 15) is 0 Å². The van der Waals surface area contributed by atoms with Gasteiger partial charge in [-0.05, 0) is 37.5 Å². The van der Waals surface area contributed by atoms with Gasteiger partial charge in [0, 0.05) is 19.2 Å². The summed E-state index contributed by atoms with van der Waals surface area (Å²) in [7, 11) is 1.80. The van der Waals surface area contributed by atoms with Crippen molar-refractivity contribution in [2.24, 2.45) is 4.99 Å². The minimum absolute atomic E-state index is 0.326. The fourth-order valence-corrected chi connectivity index (χ4v) is 3.70. The van der Waals surface area contributed by atoms with Gasteiger partial charge in [-0.3, -0.25) is 4.99 Å². The van der Waals surface area contributed by atoms with Gasteiger partial charge in [0.15, 0.2) is 5.96 Å². The van der Waals surface area contributed by atoms with Crippen molar-refractivity contribution >= 4 is 5.96 Å². The molecule has 2 aromatic rings. The molecule has 0 radical (unpaired) electrons. The third-order valence-electron chi connectivity index (χ3n) is 5.04. The molecule has 0 aliphatic carbocycles. The lowest BCUT2D eigenvalue weighted by atomic mass is 9.96. The van der Waals surface area contributed by atoms with Crippen LogP contribution in [0.15, 0.2) is 59.6 Å². The highest BCUT2D eigenvalue weighted by atomic mass is 16.5. The summed E-state index contributed by atoms with van der Waals surface area (Å²) in [4.78, 5) is 4.36. The molecule has 3 atom stereocenters. The minimum atomic E-state index is 0.326. The first kappa shape index (κ1) is 16.9. The number of guanidine groups is 1. The van der Waals surface area contributed by atoms with E-state index >= 15 is 0 Å². The van der Waals surface area contributed by atoms with Crippen LogP contribution in [0.4, 0.5) is 0 Å².